The number of piperidine rings is 3. The maximum absolute atomic E-state index is 13.0. The second kappa shape index (κ2) is 9.36. The van der Waals surface area contributed by atoms with Crippen molar-refractivity contribution in [3.63, 3.8) is 0 Å². The lowest BCUT2D eigenvalue weighted by molar-refractivity contribution is -0.119. The lowest BCUT2D eigenvalue weighted by Crippen LogP contribution is -2.57. The van der Waals surface area contributed by atoms with Crippen LogP contribution in [-0.4, -0.2) is 43.5 Å². The van der Waals surface area contributed by atoms with Crippen LogP contribution < -0.4 is 10.2 Å². The number of carbonyl (C=O) groups excluding carboxylic acids is 1. The van der Waals surface area contributed by atoms with E-state index in [9.17, 15) is 4.79 Å². The van der Waals surface area contributed by atoms with Gasteiger partial charge in [0.15, 0.2) is 0 Å². The summed E-state index contributed by atoms with van der Waals surface area (Å²) in [4.78, 5) is 17.2. The zero-order valence-electron chi connectivity index (χ0n) is 15.8. The molecular weight excluding hydrogens is 417 g/mol. The first-order chi connectivity index (χ1) is 13.4. The summed E-state index contributed by atoms with van der Waals surface area (Å²) in [5.41, 5.74) is 1.18. The summed E-state index contributed by atoms with van der Waals surface area (Å²) in [6.07, 6.45) is 9.15. The van der Waals surface area contributed by atoms with Gasteiger partial charge in [0.2, 0.25) is 0 Å². The van der Waals surface area contributed by atoms with Gasteiger partial charge in [0.05, 0.1) is 26.3 Å². The third-order valence-corrected chi connectivity index (χ3v) is 6.37. The Balaban J connectivity index is 1.80. The first kappa shape index (κ1) is 21.3. The molecule has 1 unspecified atom stereocenters. The molecule has 0 spiro atoms. The van der Waals surface area contributed by atoms with Crippen LogP contribution >= 0.6 is 34.8 Å². The van der Waals surface area contributed by atoms with Crippen molar-refractivity contribution >= 4 is 46.4 Å². The maximum Gasteiger partial charge on any atom is 0.253 e. The van der Waals surface area contributed by atoms with Crippen molar-refractivity contribution in [2.75, 3.05) is 31.6 Å². The first-order valence-electron chi connectivity index (χ1n) is 9.30. The Kier molecular flexibility index (Phi) is 7.10. The second-order valence-corrected chi connectivity index (χ2v) is 8.45. The number of fused-ring (bicyclic) bond motifs is 3. The van der Waals surface area contributed by atoms with E-state index in [2.05, 4.69) is 16.8 Å². The molecule has 0 saturated carbocycles. The van der Waals surface area contributed by atoms with Gasteiger partial charge in [-0.25, -0.2) is 0 Å². The van der Waals surface area contributed by atoms with Crippen LogP contribution in [0.25, 0.3) is 0 Å². The van der Waals surface area contributed by atoms with Gasteiger partial charge in [0.1, 0.15) is 0 Å². The average molecular weight is 441 g/mol. The van der Waals surface area contributed by atoms with Crippen LogP contribution in [0, 0.1) is 5.92 Å². The van der Waals surface area contributed by atoms with Crippen molar-refractivity contribution in [1.82, 2.24) is 10.2 Å². The fraction of sp³-hybridized carbons (Fsp3) is 0.381. The Morgan fingerprint density at radius 2 is 1.89 bits per heavy atom. The molecule has 1 aromatic rings. The van der Waals surface area contributed by atoms with Gasteiger partial charge in [-0.05, 0) is 50.1 Å². The molecule has 3 aliphatic heterocycles. The number of benzene rings is 1. The molecule has 1 aromatic carbocycles. The number of rotatable bonds is 6. The van der Waals surface area contributed by atoms with Crippen LogP contribution in [0.2, 0.25) is 15.1 Å². The van der Waals surface area contributed by atoms with Crippen LogP contribution in [-0.2, 0) is 4.79 Å². The lowest BCUT2D eigenvalue weighted by atomic mass is 9.84. The van der Waals surface area contributed by atoms with Crippen molar-refractivity contribution in [2.45, 2.75) is 18.9 Å². The Labute approximate surface area is 181 Å². The van der Waals surface area contributed by atoms with Crippen LogP contribution in [0.5, 0.6) is 0 Å². The van der Waals surface area contributed by atoms with Gasteiger partial charge in [0.25, 0.3) is 5.91 Å². The van der Waals surface area contributed by atoms with E-state index >= 15 is 0 Å². The standard InChI is InChI=1S/C21H24Cl3N3O/c1-3-4-5-15(12-26(2)20-11-17(23)16(22)10-18(20)24)21(28)25-19-13-27-8-6-14(19)7-9-27/h3-5,10-12,14,19H,1,6-9,13H2,2H3,(H,25,28)/b5-4-,15-12+. The minimum absolute atomic E-state index is 0.111. The number of nitrogens with one attached hydrogen (secondary N) is 1. The van der Waals surface area contributed by atoms with Gasteiger partial charge >= 0.3 is 0 Å². The first-order valence-corrected chi connectivity index (χ1v) is 10.4. The zero-order chi connectivity index (χ0) is 20.3. The molecule has 4 rings (SSSR count). The predicted molar refractivity (Wildman–Crippen MR) is 118 cm³/mol. The molecule has 0 aliphatic carbocycles. The molecule has 3 fully saturated rings. The van der Waals surface area contributed by atoms with Gasteiger partial charge in [0, 0.05) is 25.8 Å². The molecule has 2 bridgehead atoms. The molecule has 0 aromatic heterocycles. The van der Waals surface area contributed by atoms with Crippen molar-refractivity contribution in [1.29, 1.82) is 0 Å². The van der Waals surface area contributed by atoms with E-state index in [4.69, 9.17) is 34.8 Å². The van der Waals surface area contributed by atoms with E-state index < -0.39 is 0 Å². The Morgan fingerprint density at radius 1 is 1.21 bits per heavy atom. The maximum atomic E-state index is 13.0. The van der Waals surface area contributed by atoms with Crippen molar-refractivity contribution in [3.8, 4) is 0 Å². The SMILES string of the molecule is C=C/C=C\C(=C/N(C)c1cc(Cl)c(Cl)cc1Cl)C(=O)NC1CN2CCC1CC2. The molecule has 7 heteroatoms. The van der Waals surface area contributed by atoms with E-state index in [1.165, 1.54) is 0 Å². The highest BCUT2D eigenvalue weighted by Crippen LogP contribution is 2.34. The number of nitrogens with zero attached hydrogens (tertiary/aromatic N) is 2. The highest BCUT2D eigenvalue weighted by molar-refractivity contribution is 6.44. The number of hydrogen-bond donors (Lipinski definition) is 1. The number of amides is 1. The molecule has 1 amide bonds. The summed E-state index contributed by atoms with van der Waals surface area (Å²) in [6, 6.07) is 3.47. The highest BCUT2D eigenvalue weighted by Gasteiger charge is 2.35. The summed E-state index contributed by atoms with van der Waals surface area (Å²) < 4.78 is 0. The minimum atomic E-state index is -0.111. The summed E-state index contributed by atoms with van der Waals surface area (Å²) in [5, 5.41) is 4.46. The molecule has 3 aliphatic rings. The van der Waals surface area contributed by atoms with Crippen molar-refractivity contribution in [3.05, 3.63) is 63.8 Å². The Morgan fingerprint density at radius 3 is 2.50 bits per heavy atom. The number of halogens is 3. The fourth-order valence-corrected chi connectivity index (χ4v) is 4.46. The monoisotopic (exact) mass is 439 g/mol. The Hall–Kier alpha value is -1.46. The molecule has 3 heterocycles. The number of anilines is 1. The van der Waals surface area contributed by atoms with Gasteiger partial charge in [-0.15, -0.1) is 0 Å². The van der Waals surface area contributed by atoms with Crippen molar-refractivity contribution < 1.29 is 4.79 Å². The van der Waals surface area contributed by atoms with E-state index in [1.54, 1.807) is 41.5 Å². The normalized spacial score (nSPS) is 24.4. The van der Waals surface area contributed by atoms with E-state index in [0.29, 0.717) is 32.2 Å². The Bertz CT molecular complexity index is 813. The average Bonchev–Trinajstić information content (AvgIpc) is 2.68. The van der Waals surface area contributed by atoms with Crippen LogP contribution in [0.3, 0.4) is 0 Å². The topological polar surface area (TPSA) is 35.6 Å². The minimum Gasteiger partial charge on any atom is -0.349 e. The molecule has 1 N–H and O–H groups in total. The quantitative estimate of drug-likeness (QED) is 0.387. The van der Waals surface area contributed by atoms with Gasteiger partial charge in [-0.3, -0.25) is 4.79 Å². The van der Waals surface area contributed by atoms with Gasteiger partial charge < -0.3 is 15.1 Å². The smallest absolute Gasteiger partial charge is 0.253 e. The number of carbonyl (C=O) groups is 1. The van der Waals surface area contributed by atoms with E-state index in [0.717, 1.165) is 32.5 Å². The number of hydrogen-bond acceptors (Lipinski definition) is 3. The molecule has 1 atom stereocenters. The molecular formula is C21H24Cl3N3O. The summed E-state index contributed by atoms with van der Waals surface area (Å²) >= 11 is 18.5. The van der Waals surface area contributed by atoms with Crippen LogP contribution in [0.4, 0.5) is 5.69 Å². The van der Waals surface area contributed by atoms with E-state index in [-0.39, 0.29) is 11.9 Å². The van der Waals surface area contributed by atoms with Gasteiger partial charge in [-0.2, -0.15) is 0 Å². The summed E-state index contributed by atoms with van der Waals surface area (Å²) in [5.74, 6) is 0.445. The molecule has 4 nitrogen and oxygen atoms in total. The second-order valence-electron chi connectivity index (χ2n) is 7.23. The molecule has 0 radical (unpaired) electrons. The van der Waals surface area contributed by atoms with Crippen LogP contribution in [0.1, 0.15) is 12.8 Å². The highest BCUT2D eigenvalue weighted by atomic mass is 35.5. The fourth-order valence-electron chi connectivity index (χ4n) is 3.79. The lowest BCUT2D eigenvalue weighted by Gasteiger charge is -2.45. The van der Waals surface area contributed by atoms with Gasteiger partial charge in [-0.1, -0.05) is 53.5 Å². The predicted octanol–water partition coefficient (Wildman–Crippen LogP) is 4.92. The third-order valence-electron chi connectivity index (χ3n) is 5.35. The van der Waals surface area contributed by atoms with E-state index in [1.807, 2.05) is 7.05 Å². The molecule has 3 saturated heterocycles. The summed E-state index contributed by atoms with van der Waals surface area (Å²) in [6.45, 7) is 6.88. The third kappa shape index (κ3) is 4.93. The zero-order valence-corrected chi connectivity index (χ0v) is 18.1. The van der Waals surface area contributed by atoms with Crippen molar-refractivity contribution in [2.24, 2.45) is 5.92 Å². The molecule has 28 heavy (non-hydrogen) atoms. The summed E-state index contributed by atoms with van der Waals surface area (Å²) in [7, 11) is 1.81. The van der Waals surface area contributed by atoms with Crippen LogP contribution in [0.15, 0.2) is 48.7 Å². The largest absolute Gasteiger partial charge is 0.349 e. The molecule has 150 valence electrons. The number of allylic oxidation sites excluding steroid dienone is 2.